The number of nitrogens with zero attached hydrogens (tertiary/aromatic N) is 1. The first kappa shape index (κ1) is 8.75. The molecular weight excluding hydrogens is 174 g/mol. The molecule has 68 valence electrons. The maximum absolute atomic E-state index is 5.52. The lowest BCUT2D eigenvalue weighted by molar-refractivity contribution is 0.480. The number of hydrogen-bond donors (Lipinski definition) is 0. The lowest BCUT2D eigenvalue weighted by atomic mass is 10.3. The van der Waals surface area contributed by atoms with Gasteiger partial charge in [-0.2, -0.15) is 0 Å². The summed E-state index contributed by atoms with van der Waals surface area (Å²) >= 11 is 0. The molecule has 1 aromatic carbocycles. The van der Waals surface area contributed by atoms with Gasteiger partial charge in [0.2, 0.25) is 0 Å². The van der Waals surface area contributed by atoms with Gasteiger partial charge in [0.05, 0.1) is 6.20 Å². The first-order chi connectivity index (χ1) is 6.84. The van der Waals surface area contributed by atoms with Crippen molar-refractivity contribution >= 4 is 0 Å². The van der Waals surface area contributed by atoms with E-state index >= 15 is 0 Å². The lowest BCUT2D eigenvalue weighted by Crippen LogP contribution is -1.85. The van der Waals surface area contributed by atoms with Gasteiger partial charge in [0.15, 0.2) is 0 Å². The fourth-order valence-corrected chi connectivity index (χ4v) is 1.08. The Morgan fingerprint density at radius 2 is 1.71 bits per heavy atom. The summed E-state index contributed by atoms with van der Waals surface area (Å²) in [6.07, 6.45) is 1.60. The van der Waals surface area contributed by atoms with Crippen molar-refractivity contribution in [2.75, 3.05) is 0 Å². The van der Waals surface area contributed by atoms with Crippen LogP contribution in [0.4, 0.5) is 0 Å². The van der Waals surface area contributed by atoms with Gasteiger partial charge in [-0.1, -0.05) is 18.2 Å². The van der Waals surface area contributed by atoms with E-state index in [-0.39, 0.29) is 0 Å². The third kappa shape index (κ3) is 2.10. The normalized spacial score (nSPS) is 9.79. The molecule has 0 aliphatic rings. The van der Waals surface area contributed by atoms with Crippen molar-refractivity contribution < 1.29 is 4.74 Å². The molecule has 0 fully saturated rings. The smallest absolute Gasteiger partial charge is 0.145 e. The van der Waals surface area contributed by atoms with E-state index < -0.39 is 0 Å². The van der Waals surface area contributed by atoms with Crippen LogP contribution in [0.1, 0.15) is 5.69 Å². The van der Waals surface area contributed by atoms with Crippen LogP contribution in [0.2, 0.25) is 0 Å². The Labute approximate surface area is 83.2 Å². The van der Waals surface area contributed by atoms with Crippen LogP contribution in [-0.4, -0.2) is 4.98 Å². The van der Waals surface area contributed by atoms with Crippen molar-refractivity contribution in [3.8, 4) is 11.5 Å². The van der Waals surface area contributed by atoms with Gasteiger partial charge in [-0.3, -0.25) is 4.98 Å². The van der Waals surface area contributed by atoms with Gasteiger partial charge in [0, 0.05) is 12.6 Å². The molecule has 0 aliphatic carbocycles. The molecule has 2 nitrogen and oxygen atoms in total. The number of hydrogen-bond acceptors (Lipinski definition) is 2. The summed E-state index contributed by atoms with van der Waals surface area (Å²) in [6.45, 7) is 5.45. The quantitative estimate of drug-likeness (QED) is 0.714. The first-order valence-electron chi connectivity index (χ1n) is 4.29. The van der Waals surface area contributed by atoms with Crippen LogP contribution in [0.3, 0.4) is 0 Å². The van der Waals surface area contributed by atoms with E-state index in [1.165, 1.54) is 0 Å². The van der Waals surface area contributed by atoms with Crippen LogP contribution < -0.4 is 4.74 Å². The van der Waals surface area contributed by atoms with Crippen molar-refractivity contribution in [3.63, 3.8) is 0 Å². The zero-order valence-corrected chi connectivity index (χ0v) is 7.55. The van der Waals surface area contributed by atoms with Gasteiger partial charge >= 0.3 is 0 Å². The number of rotatable bonds is 2. The summed E-state index contributed by atoms with van der Waals surface area (Å²) in [5.74, 6) is 1.48. The van der Waals surface area contributed by atoms with Gasteiger partial charge in [-0.25, -0.2) is 0 Å². The molecule has 0 aliphatic heterocycles. The average Bonchev–Trinajstić information content (AvgIpc) is 2.23. The molecule has 0 saturated carbocycles. The second-order valence-electron chi connectivity index (χ2n) is 2.83. The highest BCUT2D eigenvalue weighted by molar-refractivity contribution is 5.29. The number of aromatic nitrogens is 1. The van der Waals surface area contributed by atoms with E-state index in [0.717, 1.165) is 5.75 Å². The van der Waals surface area contributed by atoms with Crippen LogP contribution in [0.25, 0.3) is 0 Å². The molecule has 1 aromatic heterocycles. The molecule has 0 spiro atoms. The van der Waals surface area contributed by atoms with E-state index in [0.29, 0.717) is 11.4 Å². The fourth-order valence-electron chi connectivity index (χ4n) is 1.08. The Balaban J connectivity index is 2.16. The zero-order chi connectivity index (χ0) is 9.80. The predicted octanol–water partition coefficient (Wildman–Crippen LogP) is 2.93. The van der Waals surface area contributed by atoms with Crippen LogP contribution >= 0.6 is 0 Å². The zero-order valence-electron chi connectivity index (χ0n) is 7.55. The third-order valence-electron chi connectivity index (χ3n) is 1.74. The van der Waals surface area contributed by atoms with Gasteiger partial charge in [-0.15, -0.1) is 0 Å². The van der Waals surface area contributed by atoms with Crippen LogP contribution in [-0.2, 0) is 0 Å². The number of para-hydroxylation sites is 1. The molecular formula is C12H9NO. The van der Waals surface area contributed by atoms with Gasteiger partial charge < -0.3 is 4.74 Å². The highest BCUT2D eigenvalue weighted by atomic mass is 16.5. The minimum atomic E-state index is 0.491. The highest BCUT2D eigenvalue weighted by Gasteiger charge is 1.95. The Hall–Kier alpha value is -1.83. The topological polar surface area (TPSA) is 22.1 Å². The van der Waals surface area contributed by atoms with E-state index in [4.69, 9.17) is 11.7 Å². The number of pyridine rings is 1. The SMILES string of the molecule is [CH]c1ccc(Oc2ccccc2)cn1. The van der Waals surface area contributed by atoms with Crippen molar-refractivity contribution in [1.82, 2.24) is 4.98 Å². The molecule has 2 heteroatoms. The van der Waals surface area contributed by atoms with Crippen LogP contribution in [0.15, 0.2) is 48.7 Å². The molecule has 0 unspecified atom stereocenters. The highest BCUT2D eigenvalue weighted by Crippen LogP contribution is 2.19. The van der Waals surface area contributed by atoms with Crippen LogP contribution in [0.5, 0.6) is 11.5 Å². The number of ether oxygens (including phenoxy) is 1. The maximum atomic E-state index is 5.52. The monoisotopic (exact) mass is 183 g/mol. The molecule has 14 heavy (non-hydrogen) atoms. The minimum absolute atomic E-state index is 0.491. The largest absolute Gasteiger partial charge is 0.456 e. The third-order valence-corrected chi connectivity index (χ3v) is 1.74. The Kier molecular flexibility index (Phi) is 2.45. The van der Waals surface area contributed by atoms with E-state index in [1.807, 2.05) is 30.3 Å². The van der Waals surface area contributed by atoms with E-state index in [1.54, 1.807) is 18.3 Å². The van der Waals surface area contributed by atoms with Gasteiger partial charge in [-0.05, 0) is 24.3 Å². The standard InChI is InChI=1S/C12H9NO/c1-10-7-8-12(9-13-10)14-11-5-3-2-4-6-11/h1-9H. The summed E-state index contributed by atoms with van der Waals surface area (Å²) in [5.41, 5.74) is 0.491. The summed E-state index contributed by atoms with van der Waals surface area (Å²) in [4.78, 5) is 3.93. The van der Waals surface area contributed by atoms with Crippen molar-refractivity contribution in [1.29, 1.82) is 0 Å². The first-order valence-corrected chi connectivity index (χ1v) is 4.29. The summed E-state index contributed by atoms with van der Waals surface area (Å²) < 4.78 is 5.52. The van der Waals surface area contributed by atoms with Crippen molar-refractivity contribution in [3.05, 3.63) is 61.3 Å². The van der Waals surface area contributed by atoms with E-state index in [9.17, 15) is 0 Å². The van der Waals surface area contributed by atoms with Gasteiger partial charge in [0.25, 0.3) is 0 Å². The van der Waals surface area contributed by atoms with Crippen LogP contribution in [0, 0.1) is 6.92 Å². The molecule has 2 aromatic rings. The second kappa shape index (κ2) is 3.92. The summed E-state index contributed by atoms with van der Waals surface area (Å²) in [7, 11) is 0. The number of benzene rings is 1. The summed E-state index contributed by atoms with van der Waals surface area (Å²) in [5, 5.41) is 0. The van der Waals surface area contributed by atoms with Gasteiger partial charge in [0.1, 0.15) is 11.5 Å². The Bertz CT molecular complexity index is 394. The van der Waals surface area contributed by atoms with Crippen molar-refractivity contribution in [2.24, 2.45) is 0 Å². The molecule has 0 N–H and O–H groups in total. The lowest BCUT2D eigenvalue weighted by Gasteiger charge is -2.04. The van der Waals surface area contributed by atoms with E-state index in [2.05, 4.69) is 4.98 Å². The predicted molar refractivity (Wildman–Crippen MR) is 54.2 cm³/mol. The summed E-state index contributed by atoms with van der Waals surface area (Å²) in [6, 6.07) is 13.0. The van der Waals surface area contributed by atoms with Crippen molar-refractivity contribution in [2.45, 2.75) is 0 Å². The fraction of sp³-hybridized carbons (Fsp3) is 0. The molecule has 0 saturated heterocycles. The second-order valence-corrected chi connectivity index (χ2v) is 2.83. The molecule has 2 rings (SSSR count). The Morgan fingerprint density at radius 1 is 0.929 bits per heavy atom. The average molecular weight is 183 g/mol. The molecule has 2 radical (unpaired) electrons. The molecule has 0 atom stereocenters. The molecule has 0 bridgehead atoms. The maximum Gasteiger partial charge on any atom is 0.145 e. The molecule has 0 amide bonds. The molecule has 1 heterocycles. The minimum Gasteiger partial charge on any atom is -0.456 e. The Morgan fingerprint density at radius 3 is 2.36 bits per heavy atom.